The van der Waals surface area contributed by atoms with E-state index in [-0.39, 0.29) is 37.9 Å². The maximum Gasteiger partial charge on any atom is 0.267 e. The molecule has 0 saturated heterocycles. The zero-order chi connectivity index (χ0) is 19.2. The van der Waals surface area contributed by atoms with Crippen LogP contribution in [-0.2, 0) is 16.1 Å². The van der Waals surface area contributed by atoms with Crippen LogP contribution in [0.25, 0.3) is 0 Å². The van der Waals surface area contributed by atoms with E-state index < -0.39 is 6.10 Å². The van der Waals surface area contributed by atoms with E-state index in [1.54, 1.807) is 16.7 Å². The second-order valence-corrected chi connectivity index (χ2v) is 6.49. The van der Waals surface area contributed by atoms with Crippen LogP contribution < -0.4 is 9.64 Å². The molecule has 2 aromatic carbocycles. The first-order valence-electron chi connectivity index (χ1n) is 9.09. The summed E-state index contributed by atoms with van der Waals surface area (Å²) in [5, 5.41) is 9.31. The Morgan fingerprint density at radius 1 is 1.15 bits per heavy atom. The third-order valence-corrected chi connectivity index (χ3v) is 4.56. The van der Waals surface area contributed by atoms with Crippen LogP contribution in [0.4, 0.5) is 5.69 Å². The lowest BCUT2D eigenvalue weighted by molar-refractivity contribution is -0.132. The molecule has 0 radical (unpaired) electrons. The third kappa shape index (κ3) is 4.46. The van der Waals surface area contributed by atoms with Crippen molar-refractivity contribution in [2.45, 2.75) is 26.0 Å². The highest BCUT2D eigenvalue weighted by Crippen LogP contribution is 2.33. The van der Waals surface area contributed by atoms with Crippen LogP contribution in [0.15, 0.2) is 54.6 Å². The highest BCUT2D eigenvalue weighted by Gasteiger charge is 2.31. The minimum absolute atomic E-state index is 0.0997. The minimum atomic E-state index is -0.576. The first kappa shape index (κ1) is 18.9. The van der Waals surface area contributed by atoms with Gasteiger partial charge in [-0.1, -0.05) is 42.5 Å². The van der Waals surface area contributed by atoms with Gasteiger partial charge in [0.25, 0.3) is 5.91 Å². The normalized spacial score (nSPS) is 15.9. The van der Waals surface area contributed by atoms with Crippen molar-refractivity contribution in [3.63, 3.8) is 0 Å². The summed E-state index contributed by atoms with van der Waals surface area (Å²) < 4.78 is 5.63. The molecule has 27 heavy (non-hydrogen) atoms. The van der Waals surface area contributed by atoms with Crippen molar-refractivity contribution >= 4 is 17.5 Å². The van der Waals surface area contributed by atoms with Crippen LogP contribution in [0.2, 0.25) is 0 Å². The SMILES string of the molecule is CC1Oc2ccccc2N(CCC(=O)N(CCO)Cc2ccccc2)C1=O. The minimum Gasteiger partial charge on any atom is -0.479 e. The van der Waals surface area contributed by atoms with E-state index in [1.165, 1.54) is 0 Å². The second kappa shape index (κ2) is 8.68. The molecular weight excluding hydrogens is 344 g/mol. The molecule has 6 heteroatoms. The number of para-hydroxylation sites is 2. The van der Waals surface area contributed by atoms with Crippen molar-refractivity contribution in [1.82, 2.24) is 4.90 Å². The van der Waals surface area contributed by atoms with Crippen molar-refractivity contribution in [3.05, 3.63) is 60.2 Å². The van der Waals surface area contributed by atoms with Gasteiger partial charge in [0.05, 0.1) is 12.3 Å². The van der Waals surface area contributed by atoms with E-state index >= 15 is 0 Å². The highest BCUT2D eigenvalue weighted by molar-refractivity contribution is 6.00. The number of anilines is 1. The van der Waals surface area contributed by atoms with E-state index in [0.29, 0.717) is 18.0 Å². The summed E-state index contributed by atoms with van der Waals surface area (Å²) in [6, 6.07) is 17.0. The van der Waals surface area contributed by atoms with E-state index in [9.17, 15) is 14.7 Å². The molecule has 1 heterocycles. The van der Waals surface area contributed by atoms with Crippen molar-refractivity contribution in [3.8, 4) is 5.75 Å². The quantitative estimate of drug-likeness (QED) is 0.814. The molecule has 0 spiro atoms. The number of nitrogens with zero attached hydrogens (tertiary/aromatic N) is 2. The van der Waals surface area contributed by atoms with Crippen LogP contribution in [0, 0.1) is 0 Å². The summed E-state index contributed by atoms with van der Waals surface area (Å²) in [5.41, 5.74) is 1.69. The highest BCUT2D eigenvalue weighted by atomic mass is 16.5. The average molecular weight is 368 g/mol. The van der Waals surface area contributed by atoms with Gasteiger partial charge in [0.2, 0.25) is 5.91 Å². The number of hydrogen-bond acceptors (Lipinski definition) is 4. The Hall–Kier alpha value is -2.86. The van der Waals surface area contributed by atoms with E-state index in [1.807, 2.05) is 54.6 Å². The fraction of sp³-hybridized carbons (Fsp3) is 0.333. The monoisotopic (exact) mass is 368 g/mol. The fourth-order valence-corrected chi connectivity index (χ4v) is 3.17. The van der Waals surface area contributed by atoms with E-state index in [0.717, 1.165) is 5.56 Å². The molecule has 0 fully saturated rings. The average Bonchev–Trinajstić information content (AvgIpc) is 2.68. The number of carbonyl (C=O) groups excluding carboxylic acids is 2. The number of rotatable bonds is 7. The van der Waals surface area contributed by atoms with Gasteiger partial charge in [-0.25, -0.2) is 0 Å². The van der Waals surface area contributed by atoms with Gasteiger partial charge in [-0.3, -0.25) is 9.59 Å². The van der Waals surface area contributed by atoms with Crippen LogP contribution in [0.5, 0.6) is 5.75 Å². The number of ether oxygens (including phenoxy) is 1. The van der Waals surface area contributed by atoms with Gasteiger partial charge < -0.3 is 19.6 Å². The summed E-state index contributed by atoms with van der Waals surface area (Å²) in [5.74, 6) is 0.393. The van der Waals surface area contributed by atoms with E-state index in [4.69, 9.17) is 4.74 Å². The first-order valence-corrected chi connectivity index (χ1v) is 9.09. The standard InChI is InChI=1S/C21H24N2O4/c1-16-21(26)23(18-9-5-6-10-19(18)27-16)12-11-20(25)22(13-14-24)15-17-7-3-2-4-8-17/h2-10,16,24H,11-15H2,1H3. The van der Waals surface area contributed by atoms with Gasteiger partial charge in [0.15, 0.2) is 6.10 Å². The van der Waals surface area contributed by atoms with Crippen molar-refractivity contribution in [1.29, 1.82) is 0 Å². The molecule has 1 aliphatic rings. The summed E-state index contributed by atoms with van der Waals surface area (Å²) in [4.78, 5) is 28.5. The van der Waals surface area contributed by atoms with Gasteiger partial charge in [-0.05, 0) is 24.6 Å². The molecule has 0 aromatic heterocycles. The molecule has 0 saturated carbocycles. The maximum atomic E-state index is 12.7. The van der Waals surface area contributed by atoms with Crippen LogP contribution in [0.3, 0.4) is 0 Å². The zero-order valence-corrected chi connectivity index (χ0v) is 15.4. The van der Waals surface area contributed by atoms with E-state index in [2.05, 4.69) is 0 Å². The van der Waals surface area contributed by atoms with Crippen LogP contribution >= 0.6 is 0 Å². The predicted molar refractivity (Wildman–Crippen MR) is 102 cm³/mol. The fourth-order valence-electron chi connectivity index (χ4n) is 3.17. The lowest BCUT2D eigenvalue weighted by Crippen LogP contribution is -2.46. The molecule has 1 N–H and O–H groups in total. The predicted octanol–water partition coefficient (Wildman–Crippen LogP) is 2.21. The lowest BCUT2D eigenvalue weighted by atomic mass is 10.1. The number of hydrogen-bond donors (Lipinski definition) is 1. The molecule has 0 bridgehead atoms. The summed E-state index contributed by atoms with van der Waals surface area (Å²) >= 11 is 0. The van der Waals surface area contributed by atoms with Crippen molar-refractivity contribution in [2.75, 3.05) is 24.6 Å². The Morgan fingerprint density at radius 2 is 1.85 bits per heavy atom. The Morgan fingerprint density at radius 3 is 2.59 bits per heavy atom. The van der Waals surface area contributed by atoms with Crippen molar-refractivity contribution in [2.24, 2.45) is 0 Å². The molecule has 6 nitrogen and oxygen atoms in total. The third-order valence-electron chi connectivity index (χ3n) is 4.56. The molecule has 1 unspecified atom stereocenters. The summed E-state index contributed by atoms with van der Waals surface area (Å²) in [7, 11) is 0. The number of fused-ring (bicyclic) bond motifs is 1. The smallest absolute Gasteiger partial charge is 0.267 e. The molecular formula is C21H24N2O4. The number of benzene rings is 2. The second-order valence-electron chi connectivity index (χ2n) is 6.49. The summed E-state index contributed by atoms with van der Waals surface area (Å²) in [6.45, 7) is 2.58. The molecule has 1 atom stereocenters. The number of amides is 2. The zero-order valence-electron chi connectivity index (χ0n) is 15.4. The number of aliphatic hydroxyl groups excluding tert-OH is 1. The molecule has 142 valence electrons. The van der Waals surface area contributed by atoms with Gasteiger partial charge in [-0.15, -0.1) is 0 Å². The molecule has 2 amide bonds. The van der Waals surface area contributed by atoms with Gasteiger partial charge >= 0.3 is 0 Å². The van der Waals surface area contributed by atoms with Gasteiger partial charge in [0, 0.05) is 26.1 Å². The van der Waals surface area contributed by atoms with Crippen LogP contribution in [-0.4, -0.2) is 47.6 Å². The molecule has 3 rings (SSSR count). The van der Waals surface area contributed by atoms with Crippen molar-refractivity contribution < 1.29 is 19.4 Å². The maximum absolute atomic E-state index is 12.7. The topological polar surface area (TPSA) is 70.1 Å². The Bertz CT molecular complexity index is 794. The Kier molecular flexibility index (Phi) is 6.08. The number of carbonyl (C=O) groups is 2. The van der Waals surface area contributed by atoms with Gasteiger partial charge in [-0.2, -0.15) is 0 Å². The Balaban J connectivity index is 1.68. The number of aliphatic hydroxyl groups is 1. The molecule has 2 aromatic rings. The largest absolute Gasteiger partial charge is 0.479 e. The lowest BCUT2D eigenvalue weighted by Gasteiger charge is -2.33. The first-order chi connectivity index (χ1) is 13.1. The van der Waals surface area contributed by atoms with Crippen LogP contribution in [0.1, 0.15) is 18.9 Å². The molecule has 0 aliphatic carbocycles. The molecule has 1 aliphatic heterocycles. The summed E-state index contributed by atoms with van der Waals surface area (Å²) in [6.07, 6.45) is -0.396. The Labute approximate surface area is 159 Å². The van der Waals surface area contributed by atoms with Gasteiger partial charge in [0.1, 0.15) is 5.75 Å².